The summed E-state index contributed by atoms with van der Waals surface area (Å²) >= 11 is 5.84. The fourth-order valence-corrected chi connectivity index (χ4v) is 2.83. The summed E-state index contributed by atoms with van der Waals surface area (Å²) in [5.74, 6) is 0. The number of sulfonamides is 1. The molecular weight excluding hydrogens is 294 g/mol. The van der Waals surface area contributed by atoms with Gasteiger partial charge in [0, 0.05) is 5.02 Å². The highest BCUT2D eigenvalue weighted by Crippen LogP contribution is 2.21. The zero-order valence-corrected chi connectivity index (χ0v) is 12.4. The summed E-state index contributed by atoms with van der Waals surface area (Å²) in [6.45, 7) is 1.80. The van der Waals surface area contributed by atoms with Crippen LogP contribution in [0.1, 0.15) is 11.1 Å². The average Bonchev–Trinajstić information content (AvgIpc) is 2.41. The highest BCUT2D eigenvalue weighted by molar-refractivity contribution is 7.95. The SMILES string of the molecule is Cc1cc(Cl)ccc1NS(=O)(=O)/C=C\c1ccccc1. The topological polar surface area (TPSA) is 46.2 Å². The van der Waals surface area contributed by atoms with Crippen LogP contribution in [-0.2, 0) is 10.0 Å². The van der Waals surface area contributed by atoms with Gasteiger partial charge in [0.1, 0.15) is 0 Å². The van der Waals surface area contributed by atoms with E-state index in [1.807, 2.05) is 30.3 Å². The molecule has 2 rings (SSSR count). The van der Waals surface area contributed by atoms with Crippen LogP contribution in [0.4, 0.5) is 5.69 Å². The van der Waals surface area contributed by atoms with Gasteiger partial charge in [-0.05, 0) is 42.3 Å². The van der Waals surface area contributed by atoms with Crippen LogP contribution in [0.15, 0.2) is 53.9 Å². The van der Waals surface area contributed by atoms with Gasteiger partial charge in [-0.3, -0.25) is 4.72 Å². The Balaban J connectivity index is 2.17. The van der Waals surface area contributed by atoms with E-state index in [4.69, 9.17) is 11.6 Å². The zero-order chi connectivity index (χ0) is 14.6. The molecule has 5 heteroatoms. The molecule has 0 bridgehead atoms. The summed E-state index contributed by atoms with van der Waals surface area (Å²) in [6.07, 6.45) is 1.55. The van der Waals surface area contributed by atoms with Gasteiger partial charge in [-0.25, -0.2) is 8.42 Å². The zero-order valence-electron chi connectivity index (χ0n) is 10.9. The van der Waals surface area contributed by atoms with E-state index in [0.29, 0.717) is 10.7 Å². The third kappa shape index (κ3) is 4.11. The van der Waals surface area contributed by atoms with Crippen LogP contribution in [0.5, 0.6) is 0 Å². The van der Waals surface area contributed by atoms with Crippen molar-refractivity contribution in [2.75, 3.05) is 4.72 Å². The van der Waals surface area contributed by atoms with Crippen LogP contribution in [0.3, 0.4) is 0 Å². The molecule has 0 fully saturated rings. The van der Waals surface area contributed by atoms with Crippen LogP contribution in [0.25, 0.3) is 6.08 Å². The predicted octanol–water partition coefficient (Wildman–Crippen LogP) is 4.06. The molecule has 0 unspecified atom stereocenters. The van der Waals surface area contributed by atoms with Crippen molar-refractivity contribution in [3.63, 3.8) is 0 Å². The molecule has 3 nitrogen and oxygen atoms in total. The Hall–Kier alpha value is -1.78. The molecule has 2 aromatic rings. The lowest BCUT2D eigenvalue weighted by atomic mass is 10.2. The molecule has 0 saturated heterocycles. The van der Waals surface area contributed by atoms with Crippen molar-refractivity contribution >= 4 is 33.4 Å². The Labute approximate surface area is 124 Å². The minimum atomic E-state index is -3.54. The van der Waals surface area contributed by atoms with E-state index >= 15 is 0 Å². The van der Waals surface area contributed by atoms with Crippen LogP contribution >= 0.6 is 11.6 Å². The first-order valence-corrected chi connectivity index (χ1v) is 7.91. The summed E-state index contributed by atoms with van der Waals surface area (Å²) in [5, 5.41) is 1.72. The summed E-state index contributed by atoms with van der Waals surface area (Å²) in [6, 6.07) is 14.2. The number of halogens is 1. The van der Waals surface area contributed by atoms with Crippen LogP contribution < -0.4 is 4.72 Å². The van der Waals surface area contributed by atoms with Gasteiger partial charge < -0.3 is 0 Å². The number of aryl methyl sites for hydroxylation is 1. The first kappa shape index (κ1) is 14.6. The highest BCUT2D eigenvalue weighted by Gasteiger charge is 2.07. The minimum Gasteiger partial charge on any atom is -0.280 e. The fourth-order valence-electron chi connectivity index (χ4n) is 1.66. The molecule has 0 aromatic heterocycles. The molecule has 0 aliphatic heterocycles. The maximum Gasteiger partial charge on any atom is 0.255 e. The largest absolute Gasteiger partial charge is 0.280 e. The van der Waals surface area contributed by atoms with Crippen molar-refractivity contribution in [1.82, 2.24) is 0 Å². The van der Waals surface area contributed by atoms with Crippen molar-refractivity contribution < 1.29 is 8.42 Å². The molecule has 0 amide bonds. The van der Waals surface area contributed by atoms with E-state index in [9.17, 15) is 8.42 Å². The number of hydrogen-bond acceptors (Lipinski definition) is 2. The Morgan fingerprint density at radius 2 is 1.80 bits per heavy atom. The third-order valence-electron chi connectivity index (χ3n) is 2.68. The van der Waals surface area contributed by atoms with E-state index in [1.165, 1.54) is 0 Å². The molecule has 1 N–H and O–H groups in total. The predicted molar refractivity (Wildman–Crippen MR) is 84.2 cm³/mol. The lowest BCUT2D eigenvalue weighted by molar-refractivity contribution is 0.609. The first-order valence-electron chi connectivity index (χ1n) is 5.98. The number of nitrogens with one attached hydrogen (secondary N) is 1. The maximum atomic E-state index is 12.0. The van der Waals surface area contributed by atoms with Crippen molar-refractivity contribution in [3.05, 3.63) is 70.1 Å². The summed E-state index contributed by atoms with van der Waals surface area (Å²) in [4.78, 5) is 0. The second-order valence-electron chi connectivity index (χ2n) is 4.32. The standard InChI is InChI=1S/C15H14ClNO2S/c1-12-11-14(16)7-8-15(12)17-20(18,19)10-9-13-5-3-2-4-6-13/h2-11,17H,1H3/b10-9-. The minimum absolute atomic E-state index is 0.520. The maximum absolute atomic E-state index is 12.0. The lowest BCUT2D eigenvalue weighted by Gasteiger charge is -2.08. The van der Waals surface area contributed by atoms with E-state index in [-0.39, 0.29) is 0 Å². The lowest BCUT2D eigenvalue weighted by Crippen LogP contribution is -2.09. The van der Waals surface area contributed by atoms with Crippen molar-refractivity contribution in [3.8, 4) is 0 Å². The summed E-state index contributed by atoms with van der Waals surface area (Å²) in [7, 11) is -3.54. The monoisotopic (exact) mass is 307 g/mol. The quantitative estimate of drug-likeness (QED) is 0.926. The summed E-state index contributed by atoms with van der Waals surface area (Å²) in [5.41, 5.74) is 2.12. The summed E-state index contributed by atoms with van der Waals surface area (Å²) < 4.78 is 26.5. The van der Waals surface area contributed by atoms with Crippen LogP contribution in [0.2, 0.25) is 5.02 Å². The molecule has 0 heterocycles. The van der Waals surface area contributed by atoms with Gasteiger partial charge in [-0.2, -0.15) is 0 Å². The van der Waals surface area contributed by atoms with Gasteiger partial charge in [0.25, 0.3) is 10.0 Å². The molecule has 104 valence electrons. The van der Waals surface area contributed by atoms with E-state index in [2.05, 4.69) is 4.72 Å². The van der Waals surface area contributed by atoms with Gasteiger partial charge in [-0.1, -0.05) is 41.9 Å². The number of rotatable bonds is 4. The molecule has 0 aliphatic carbocycles. The molecular formula is C15H14ClNO2S. The van der Waals surface area contributed by atoms with E-state index in [0.717, 1.165) is 16.5 Å². The van der Waals surface area contributed by atoms with Crippen LogP contribution in [0, 0.1) is 6.92 Å². The number of benzene rings is 2. The van der Waals surface area contributed by atoms with Gasteiger partial charge in [0.05, 0.1) is 11.1 Å². The average molecular weight is 308 g/mol. The van der Waals surface area contributed by atoms with E-state index < -0.39 is 10.0 Å². The molecule has 0 saturated carbocycles. The van der Waals surface area contributed by atoms with Crippen LogP contribution in [-0.4, -0.2) is 8.42 Å². The van der Waals surface area contributed by atoms with Gasteiger partial charge in [-0.15, -0.1) is 0 Å². The third-order valence-corrected chi connectivity index (χ3v) is 3.91. The van der Waals surface area contributed by atoms with Crippen molar-refractivity contribution in [1.29, 1.82) is 0 Å². The van der Waals surface area contributed by atoms with Gasteiger partial charge in [0.2, 0.25) is 0 Å². The number of anilines is 1. The van der Waals surface area contributed by atoms with Crippen molar-refractivity contribution in [2.45, 2.75) is 6.92 Å². The van der Waals surface area contributed by atoms with Gasteiger partial charge >= 0.3 is 0 Å². The molecule has 2 aromatic carbocycles. The molecule has 0 radical (unpaired) electrons. The van der Waals surface area contributed by atoms with E-state index in [1.54, 1.807) is 31.2 Å². The second kappa shape index (κ2) is 6.11. The Kier molecular flexibility index (Phi) is 4.47. The van der Waals surface area contributed by atoms with Crippen molar-refractivity contribution in [2.24, 2.45) is 0 Å². The Bertz CT molecular complexity index is 725. The Morgan fingerprint density at radius 3 is 2.45 bits per heavy atom. The molecule has 0 spiro atoms. The number of hydrogen-bond donors (Lipinski definition) is 1. The molecule has 20 heavy (non-hydrogen) atoms. The molecule has 0 aliphatic rings. The second-order valence-corrected chi connectivity index (χ2v) is 6.32. The first-order chi connectivity index (χ1) is 9.46. The highest BCUT2D eigenvalue weighted by atomic mass is 35.5. The molecule has 0 atom stereocenters. The van der Waals surface area contributed by atoms with Gasteiger partial charge in [0.15, 0.2) is 0 Å². The fraction of sp³-hybridized carbons (Fsp3) is 0.0667. The smallest absolute Gasteiger partial charge is 0.255 e. The Morgan fingerprint density at radius 1 is 1.10 bits per heavy atom. The normalized spacial score (nSPS) is 11.7.